The molecule has 0 aliphatic heterocycles. The van der Waals surface area contributed by atoms with Gasteiger partial charge >= 0.3 is 6.18 Å². The third kappa shape index (κ3) is 3.81. The molecule has 2 aromatic heterocycles. The van der Waals surface area contributed by atoms with Gasteiger partial charge in [-0.2, -0.15) is 13.2 Å². The van der Waals surface area contributed by atoms with Crippen LogP contribution in [0.5, 0.6) is 0 Å². The summed E-state index contributed by atoms with van der Waals surface area (Å²) in [6.07, 6.45) is -3.33. The first-order chi connectivity index (χ1) is 11.5. The van der Waals surface area contributed by atoms with Crippen LogP contribution in [-0.4, -0.2) is 14.9 Å². The summed E-state index contributed by atoms with van der Waals surface area (Å²) in [5, 5.41) is 3.29. The highest BCUT2D eigenvalue weighted by Crippen LogP contribution is 2.35. The molecule has 0 aliphatic carbocycles. The molecule has 1 aromatic carbocycles. The van der Waals surface area contributed by atoms with E-state index in [9.17, 15) is 13.2 Å². The molecular formula is C18H17BrF3N3. The number of alkyl halides is 3. The average molecular weight is 412 g/mol. The predicted octanol–water partition coefficient (Wildman–Crippen LogP) is 5.99. The van der Waals surface area contributed by atoms with Crippen molar-refractivity contribution in [3.63, 3.8) is 0 Å². The molecule has 7 heteroatoms. The van der Waals surface area contributed by atoms with E-state index in [2.05, 4.69) is 26.2 Å². The highest BCUT2D eigenvalue weighted by molar-refractivity contribution is 9.10. The summed E-state index contributed by atoms with van der Waals surface area (Å²) < 4.78 is 41.7. The fourth-order valence-corrected chi connectivity index (χ4v) is 2.92. The number of hydrogen-bond acceptors (Lipinski definition) is 2. The van der Waals surface area contributed by atoms with Gasteiger partial charge in [0.1, 0.15) is 17.2 Å². The molecule has 0 spiro atoms. The molecule has 25 heavy (non-hydrogen) atoms. The van der Waals surface area contributed by atoms with Crippen LogP contribution in [0.4, 0.5) is 19.0 Å². The van der Waals surface area contributed by atoms with Crippen molar-refractivity contribution in [2.75, 3.05) is 5.32 Å². The molecule has 132 valence electrons. The molecule has 3 aromatic rings. The Morgan fingerprint density at radius 3 is 2.40 bits per heavy atom. The van der Waals surface area contributed by atoms with Crippen molar-refractivity contribution in [3.05, 3.63) is 52.6 Å². The van der Waals surface area contributed by atoms with E-state index in [-0.39, 0.29) is 5.54 Å². The fourth-order valence-electron chi connectivity index (χ4n) is 2.52. The zero-order valence-corrected chi connectivity index (χ0v) is 15.5. The van der Waals surface area contributed by atoms with E-state index >= 15 is 0 Å². The van der Waals surface area contributed by atoms with Gasteiger partial charge in [-0.3, -0.25) is 4.40 Å². The lowest BCUT2D eigenvalue weighted by Crippen LogP contribution is -2.27. The lowest BCUT2D eigenvalue weighted by Gasteiger charge is -2.23. The van der Waals surface area contributed by atoms with E-state index in [4.69, 9.17) is 0 Å². The molecule has 0 bridgehead atoms. The zero-order valence-electron chi connectivity index (χ0n) is 13.9. The van der Waals surface area contributed by atoms with Crippen LogP contribution in [0.3, 0.4) is 0 Å². The molecule has 0 saturated heterocycles. The molecule has 0 amide bonds. The minimum atomic E-state index is -4.41. The number of fused-ring (bicyclic) bond motifs is 1. The Hall–Kier alpha value is -2.02. The molecular weight excluding hydrogens is 395 g/mol. The van der Waals surface area contributed by atoms with Crippen LogP contribution in [0, 0.1) is 0 Å². The number of hydrogen-bond donors (Lipinski definition) is 1. The molecule has 0 fully saturated rings. The van der Waals surface area contributed by atoms with Crippen molar-refractivity contribution in [3.8, 4) is 11.3 Å². The largest absolute Gasteiger partial charge is 0.417 e. The zero-order chi connectivity index (χ0) is 18.4. The molecule has 3 rings (SSSR count). The third-order valence-corrected chi connectivity index (χ3v) is 4.03. The average Bonchev–Trinajstić information content (AvgIpc) is 2.82. The maximum atomic E-state index is 13.1. The van der Waals surface area contributed by atoms with Gasteiger partial charge in [-0.05, 0) is 45.0 Å². The lowest BCUT2D eigenvalue weighted by molar-refractivity contribution is -0.137. The molecule has 0 saturated carbocycles. The van der Waals surface area contributed by atoms with Gasteiger partial charge in [0.25, 0.3) is 0 Å². The van der Waals surface area contributed by atoms with Crippen molar-refractivity contribution in [2.24, 2.45) is 0 Å². The van der Waals surface area contributed by atoms with E-state index in [1.54, 1.807) is 0 Å². The smallest absolute Gasteiger partial charge is 0.365 e. The molecule has 0 aliphatic rings. The lowest BCUT2D eigenvalue weighted by atomic mass is 10.1. The van der Waals surface area contributed by atoms with Crippen LogP contribution in [-0.2, 0) is 6.18 Å². The van der Waals surface area contributed by atoms with Crippen LogP contribution in [0.15, 0.2) is 47.1 Å². The van der Waals surface area contributed by atoms with Crippen molar-refractivity contribution < 1.29 is 13.2 Å². The number of nitrogens with one attached hydrogen (secondary N) is 1. The van der Waals surface area contributed by atoms with Crippen LogP contribution < -0.4 is 5.32 Å². The number of pyridine rings is 1. The standard InChI is InChI=1S/C18H17BrF3N3/c1-17(2,3)24-16-15(11-5-4-6-13(19)9-11)23-14-8-7-12(10-25(14)16)18(20,21)22/h4-10,24H,1-3H3. The van der Waals surface area contributed by atoms with Crippen molar-refractivity contribution >= 4 is 27.4 Å². The second-order valence-electron chi connectivity index (χ2n) is 6.84. The summed E-state index contributed by atoms with van der Waals surface area (Å²) >= 11 is 3.42. The number of anilines is 1. The summed E-state index contributed by atoms with van der Waals surface area (Å²) in [5.41, 5.74) is 0.823. The van der Waals surface area contributed by atoms with Crippen molar-refractivity contribution in [1.82, 2.24) is 9.38 Å². The minimum Gasteiger partial charge on any atom is -0.365 e. The van der Waals surface area contributed by atoms with Gasteiger partial charge < -0.3 is 5.32 Å². The highest BCUT2D eigenvalue weighted by Gasteiger charge is 2.31. The SMILES string of the molecule is CC(C)(C)Nc1c(-c2cccc(Br)c2)nc2ccc(C(F)(F)F)cn12. The van der Waals surface area contributed by atoms with Gasteiger partial charge in [0.15, 0.2) is 0 Å². The number of benzene rings is 1. The number of rotatable bonds is 2. The Bertz CT molecular complexity index is 923. The van der Waals surface area contributed by atoms with Crippen LogP contribution >= 0.6 is 15.9 Å². The number of halogens is 4. The topological polar surface area (TPSA) is 29.3 Å². The molecule has 0 unspecified atom stereocenters. The van der Waals surface area contributed by atoms with E-state index in [1.165, 1.54) is 10.5 Å². The van der Waals surface area contributed by atoms with Gasteiger partial charge in [0.2, 0.25) is 0 Å². The Morgan fingerprint density at radius 1 is 1.08 bits per heavy atom. The Balaban J connectivity index is 2.27. The molecule has 1 N–H and O–H groups in total. The Morgan fingerprint density at radius 2 is 1.80 bits per heavy atom. The summed E-state index contributed by atoms with van der Waals surface area (Å²) in [6, 6.07) is 9.96. The first kappa shape index (κ1) is 17.8. The first-order valence-corrected chi connectivity index (χ1v) is 8.47. The second kappa shape index (κ2) is 6.05. The maximum Gasteiger partial charge on any atom is 0.417 e. The van der Waals surface area contributed by atoms with Crippen LogP contribution in [0.25, 0.3) is 16.9 Å². The Labute approximate surface area is 152 Å². The van der Waals surface area contributed by atoms with Gasteiger partial charge in [0.05, 0.1) is 5.56 Å². The van der Waals surface area contributed by atoms with Gasteiger partial charge in [-0.25, -0.2) is 4.98 Å². The third-order valence-electron chi connectivity index (χ3n) is 3.54. The first-order valence-electron chi connectivity index (χ1n) is 7.68. The molecule has 0 radical (unpaired) electrons. The van der Waals surface area contributed by atoms with E-state index < -0.39 is 11.7 Å². The van der Waals surface area contributed by atoms with Crippen LogP contribution in [0.2, 0.25) is 0 Å². The Kier molecular flexibility index (Phi) is 4.31. The summed E-state index contributed by atoms with van der Waals surface area (Å²) in [7, 11) is 0. The van der Waals surface area contributed by atoms with Gasteiger partial charge in [0, 0.05) is 21.8 Å². The van der Waals surface area contributed by atoms with Crippen molar-refractivity contribution in [2.45, 2.75) is 32.5 Å². The van der Waals surface area contributed by atoms with Crippen molar-refractivity contribution in [1.29, 1.82) is 0 Å². The number of nitrogens with zero attached hydrogens (tertiary/aromatic N) is 2. The summed E-state index contributed by atoms with van der Waals surface area (Å²) in [5.74, 6) is 0.534. The molecule has 3 nitrogen and oxygen atoms in total. The van der Waals surface area contributed by atoms with E-state index in [0.29, 0.717) is 17.2 Å². The van der Waals surface area contributed by atoms with E-state index in [1.807, 2.05) is 45.0 Å². The monoisotopic (exact) mass is 411 g/mol. The highest BCUT2D eigenvalue weighted by atomic mass is 79.9. The predicted molar refractivity (Wildman–Crippen MR) is 96.7 cm³/mol. The molecule has 2 heterocycles. The summed E-state index contributed by atoms with van der Waals surface area (Å²) in [6.45, 7) is 5.85. The fraction of sp³-hybridized carbons (Fsp3) is 0.278. The van der Waals surface area contributed by atoms with Gasteiger partial charge in [-0.1, -0.05) is 28.1 Å². The normalized spacial score (nSPS) is 12.6. The minimum absolute atomic E-state index is 0.342. The second-order valence-corrected chi connectivity index (χ2v) is 7.75. The summed E-state index contributed by atoms with van der Waals surface area (Å²) in [4.78, 5) is 4.54. The quantitative estimate of drug-likeness (QED) is 0.560. The van der Waals surface area contributed by atoms with E-state index in [0.717, 1.165) is 22.3 Å². The number of aromatic nitrogens is 2. The van der Waals surface area contributed by atoms with Crippen LogP contribution in [0.1, 0.15) is 26.3 Å². The van der Waals surface area contributed by atoms with Gasteiger partial charge in [-0.15, -0.1) is 0 Å². The number of imidazole rings is 1. The maximum absolute atomic E-state index is 13.1. The molecule has 0 atom stereocenters.